The van der Waals surface area contributed by atoms with Gasteiger partial charge in [-0.25, -0.2) is 0 Å². The van der Waals surface area contributed by atoms with Gasteiger partial charge in [-0.1, -0.05) is 15.9 Å². The molecule has 0 heterocycles. The van der Waals surface area contributed by atoms with Crippen LogP contribution in [0.2, 0.25) is 0 Å². The molecule has 0 N–H and O–H groups in total. The molecule has 1 aromatic carbocycles. The minimum atomic E-state index is 0.758. The fourth-order valence-corrected chi connectivity index (χ4v) is 2.57. The van der Waals surface area contributed by atoms with Crippen molar-refractivity contribution in [3.05, 3.63) is 28.2 Å². The molecule has 82 valence electrons. The second-order valence-electron chi connectivity index (χ2n) is 3.45. The summed E-state index contributed by atoms with van der Waals surface area (Å²) in [7, 11) is 4.09. The number of halogens is 1. The van der Waals surface area contributed by atoms with Crippen molar-refractivity contribution < 1.29 is 4.79 Å². The van der Waals surface area contributed by atoms with Gasteiger partial charge in [0.15, 0.2) is 6.29 Å². The molecule has 0 fully saturated rings. The third-order valence-electron chi connectivity index (χ3n) is 1.89. The van der Waals surface area contributed by atoms with E-state index in [1.165, 1.54) is 0 Å². The van der Waals surface area contributed by atoms with Crippen LogP contribution in [0.15, 0.2) is 27.6 Å². The summed E-state index contributed by atoms with van der Waals surface area (Å²) in [6.45, 7) is 1.01. The highest BCUT2D eigenvalue weighted by atomic mass is 79.9. The lowest BCUT2D eigenvalue weighted by molar-refractivity contribution is 0.112. The third-order valence-corrected chi connectivity index (χ3v) is 3.46. The van der Waals surface area contributed by atoms with Crippen molar-refractivity contribution >= 4 is 34.0 Å². The van der Waals surface area contributed by atoms with Gasteiger partial charge < -0.3 is 4.90 Å². The molecular formula is C11H14BrNOS. The lowest BCUT2D eigenvalue weighted by atomic mass is 10.2. The van der Waals surface area contributed by atoms with Crippen LogP contribution in [0.3, 0.4) is 0 Å². The predicted octanol–water partition coefficient (Wildman–Crippen LogP) is 2.92. The number of hydrogen-bond acceptors (Lipinski definition) is 3. The fraction of sp³-hybridized carbons (Fsp3) is 0.364. The Labute approximate surface area is 103 Å². The molecule has 0 radical (unpaired) electrons. The Morgan fingerprint density at radius 1 is 1.47 bits per heavy atom. The monoisotopic (exact) mass is 287 g/mol. The molecular weight excluding hydrogens is 274 g/mol. The number of aldehydes is 1. The summed E-state index contributed by atoms with van der Waals surface area (Å²) in [6, 6.07) is 5.80. The van der Waals surface area contributed by atoms with Crippen LogP contribution in [-0.2, 0) is 0 Å². The van der Waals surface area contributed by atoms with E-state index in [0.29, 0.717) is 0 Å². The first-order valence-electron chi connectivity index (χ1n) is 4.65. The molecule has 0 aliphatic heterocycles. The van der Waals surface area contributed by atoms with Crippen molar-refractivity contribution in [1.29, 1.82) is 0 Å². The molecule has 0 saturated heterocycles. The molecule has 0 aromatic heterocycles. The molecule has 0 amide bonds. The van der Waals surface area contributed by atoms with E-state index in [4.69, 9.17) is 0 Å². The smallest absolute Gasteiger partial charge is 0.151 e. The summed E-state index contributed by atoms with van der Waals surface area (Å²) in [6.07, 6.45) is 0.906. The average molecular weight is 288 g/mol. The zero-order chi connectivity index (χ0) is 11.3. The minimum absolute atomic E-state index is 0.758. The number of benzene rings is 1. The fourth-order valence-electron chi connectivity index (χ4n) is 1.08. The molecule has 1 rings (SSSR count). The van der Waals surface area contributed by atoms with Crippen molar-refractivity contribution in [2.75, 3.05) is 26.4 Å². The van der Waals surface area contributed by atoms with E-state index in [1.807, 2.05) is 32.3 Å². The highest BCUT2D eigenvalue weighted by Gasteiger charge is 2.03. The number of thioether (sulfide) groups is 1. The van der Waals surface area contributed by atoms with Crippen molar-refractivity contribution in [2.24, 2.45) is 0 Å². The SMILES string of the molecule is CN(C)CCSc1ccc(Br)cc1C=O. The van der Waals surface area contributed by atoms with Crippen LogP contribution >= 0.6 is 27.7 Å². The van der Waals surface area contributed by atoms with Gasteiger partial charge in [-0.3, -0.25) is 4.79 Å². The van der Waals surface area contributed by atoms with Crippen LogP contribution in [0.1, 0.15) is 10.4 Å². The highest BCUT2D eigenvalue weighted by molar-refractivity contribution is 9.10. The maximum Gasteiger partial charge on any atom is 0.151 e. The first-order valence-corrected chi connectivity index (χ1v) is 6.43. The van der Waals surface area contributed by atoms with Crippen molar-refractivity contribution in [3.8, 4) is 0 Å². The highest BCUT2D eigenvalue weighted by Crippen LogP contribution is 2.24. The molecule has 1 aromatic rings. The van der Waals surface area contributed by atoms with E-state index < -0.39 is 0 Å². The Kier molecular flexibility index (Phi) is 5.36. The molecule has 0 aliphatic rings. The average Bonchev–Trinajstić information content (AvgIpc) is 2.19. The van der Waals surface area contributed by atoms with Gasteiger partial charge in [-0.2, -0.15) is 0 Å². The van der Waals surface area contributed by atoms with Gasteiger partial charge in [0.1, 0.15) is 0 Å². The maximum absolute atomic E-state index is 10.8. The van der Waals surface area contributed by atoms with Crippen LogP contribution in [-0.4, -0.2) is 37.6 Å². The number of carbonyl (C=O) groups excluding carboxylic acids is 1. The molecule has 2 nitrogen and oxygen atoms in total. The minimum Gasteiger partial charge on any atom is -0.309 e. The van der Waals surface area contributed by atoms with E-state index in [1.54, 1.807) is 11.8 Å². The summed E-state index contributed by atoms with van der Waals surface area (Å²) < 4.78 is 0.946. The van der Waals surface area contributed by atoms with Crippen molar-refractivity contribution in [1.82, 2.24) is 4.90 Å². The lowest BCUT2D eigenvalue weighted by Gasteiger charge is -2.09. The summed E-state index contributed by atoms with van der Waals surface area (Å²) in [5.74, 6) is 0.996. The van der Waals surface area contributed by atoms with Gasteiger partial charge in [-0.05, 0) is 32.3 Å². The Hall–Kier alpha value is -0.320. The van der Waals surface area contributed by atoms with Crippen LogP contribution < -0.4 is 0 Å². The van der Waals surface area contributed by atoms with E-state index in [0.717, 1.165) is 33.5 Å². The number of nitrogens with zero attached hydrogens (tertiary/aromatic N) is 1. The maximum atomic E-state index is 10.8. The van der Waals surface area contributed by atoms with Gasteiger partial charge in [0.05, 0.1) is 0 Å². The standard InChI is InChI=1S/C11H14BrNOS/c1-13(2)5-6-15-11-4-3-10(12)7-9(11)8-14/h3-4,7-8H,5-6H2,1-2H3. The Morgan fingerprint density at radius 2 is 2.20 bits per heavy atom. The van der Waals surface area contributed by atoms with E-state index in [-0.39, 0.29) is 0 Å². The molecule has 0 unspecified atom stereocenters. The Morgan fingerprint density at radius 3 is 2.80 bits per heavy atom. The zero-order valence-electron chi connectivity index (χ0n) is 8.87. The van der Waals surface area contributed by atoms with Crippen LogP contribution in [0.4, 0.5) is 0 Å². The van der Waals surface area contributed by atoms with E-state index in [9.17, 15) is 4.79 Å². The molecule has 0 aliphatic carbocycles. The molecule has 15 heavy (non-hydrogen) atoms. The molecule has 0 bridgehead atoms. The second kappa shape index (κ2) is 6.30. The van der Waals surface area contributed by atoms with Gasteiger partial charge in [0.25, 0.3) is 0 Å². The molecule has 4 heteroatoms. The molecule has 0 saturated carbocycles. The molecule has 0 atom stereocenters. The number of hydrogen-bond donors (Lipinski definition) is 0. The van der Waals surface area contributed by atoms with E-state index >= 15 is 0 Å². The predicted molar refractivity (Wildman–Crippen MR) is 68.8 cm³/mol. The zero-order valence-corrected chi connectivity index (χ0v) is 11.3. The van der Waals surface area contributed by atoms with Gasteiger partial charge in [0.2, 0.25) is 0 Å². The first-order chi connectivity index (χ1) is 7.13. The van der Waals surface area contributed by atoms with Crippen LogP contribution in [0, 0.1) is 0 Å². The molecule has 0 spiro atoms. The normalized spacial score (nSPS) is 10.7. The quantitative estimate of drug-likeness (QED) is 0.614. The Bertz CT molecular complexity index is 341. The van der Waals surface area contributed by atoms with Gasteiger partial charge in [-0.15, -0.1) is 11.8 Å². The van der Waals surface area contributed by atoms with Crippen LogP contribution in [0.5, 0.6) is 0 Å². The number of rotatable bonds is 5. The van der Waals surface area contributed by atoms with Gasteiger partial charge in [0, 0.05) is 27.2 Å². The first kappa shape index (κ1) is 12.7. The second-order valence-corrected chi connectivity index (χ2v) is 5.50. The summed E-state index contributed by atoms with van der Waals surface area (Å²) in [5, 5.41) is 0. The largest absolute Gasteiger partial charge is 0.309 e. The summed E-state index contributed by atoms with van der Waals surface area (Å²) in [5.41, 5.74) is 0.758. The topological polar surface area (TPSA) is 20.3 Å². The van der Waals surface area contributed by atoms with Crippen molar-refractivity contribution in [2.45, 2.75) is 4.90 Å². The van der Waals surface area contributed by atoms with Crippen molar-refractivity contribution in [3.63, 3.8) is 0 Å². The number of carbonyl (C=O) groups is 1. The van der Waals surface area contributed by atoms with Crippen LogP contribution in [0.25, 0.3) is 0 Å². The van der Waals surface area contributed by atoms with Gasteiger partial charge >= 0.3 is 0 Å². The lowest BCUT2D eigenvalue weighted by Crippen LogP contribution is -2.14. The Balaban J connectivity index is 2.64. The van der Waals surface area contributed by atoms with E-state index in [2.05, 4.69) is 20.8 Å². The summed E-state index contributed by atoms with van der Waals surface area (Å²) in [4.78, 5) is 14.0. The third kappa shape index (κ3) is 4.36. The summed E-state index contributed by atoms with van der Waals surface area (Å²) >= 11 is 5.07.